The summed E-state index contributed by atoms with van der Waals surface area (Å²) in [6, 6.07) is 48.0. The van der Waals surface area contributed by atoms with E-state index in [0.717, 1.165) is 0 Å². The van der Waals surface area contributed by atoms with E-state index in [0.29, 0.717) is 0 Å². The normalized spacial score (nSPS) is 9.88. The minimum Gasteiger partial charge on any atom is -0.355 e. The van der Waals surface area contributed by atoms with Gasteiger partial charge < -0.3 is 9.88 Å². The molecule has 6 aromatic rings. The molecule has 0 saturated heterocycles. The molecule has 6 rings (SSSR count). The zero-order valence-electron chi connectivity index (χ0n) is 18.1. The minimum atomic E-state index is 0. The van der Waals surface area contributed by atoms with E-state index in [1.807, 2.05) is 18.2 Å². The van der Waals surface area contributed by atoms with Crippen molar-refractivity contribution in [3.05, 3.63) is 140 Å². The van der Waals surface area contributed by atoms with Crippen molar-refractivity contribution in [2.24, 2.45) is 0 Å². The van der Waals surface area contributed by atoms with Crippen molar-refractivity contribution in [3.8, 4) is 0 Å². The van der Waals surface area contributed by atoms with Gasteiger partial charge >= 0.3 is 0 Å². The Morgan fingerprint density at radius 3 is 1.03 bits per heavy atom. The first-order valence-corrected chi connectivity index (χ1v) is 10.8. The fourth-order valence-electron chi connectivity index (χ4n) is 3.98. The first-order chi connectivity index (χ1) is 15.9. The SMILES string of the molecule is B.F.c1ccc(N(c2ccccc2)c2ccccc2)cc1.c1ccc2c(c1)[nH]c1ccccc12. The van der Waals surface area contributed by atoms with Crippen LogP contribution >= 0.6 is 0 Å². The summed E-state index contributed by atoms with van der Waals surface area (Å²) in [4.78, 5) is 5.63. The third-order valence-corrected chi connectivity index (χ3v) is 5.46. The molecule has 0 fully saturated rings. The van der Waals surface area contributed by atoms with Crippen LogP contribution in [0.4, 0.5) is 21.8 Å². The summed E-state index contributed by atoms with van der Waals surface area (Å²) in [5.41, 5.74) is 5.92. The molecule has 5 aromatic carbocycles. The highest BCUT2D eigenvalue weighted by Gasteiger charge is 2.10. The number of fused-ring (bicyclic) bond motifs is 3. The van der Waals surface area contributed by atoms with E-state index in [1.54, 1.807) is 0 Å². The topological polar surface area (TPSA) is 19.0 Å². The molecule has 4 heteroatoms. The van der Waals surface area contributed by atoms with E-state index in [4.69, 9.17) is 0 Å². The van der Waals surface area contributed by atoms with Gasteiger partial charge in [-0.25, -0.2) is 0 Å². The second kappa shape index (κ2) is 11.5. The van der Waals surface area contributed by atoms with Gasteiger partial charge in [-0.05, 0) is 48.5 Å². The number of benzene rings is 5. The first kappa shape index (κ1) is 24.3. The van der Waals surface area contributed by atoms with Crippen LogP contribution in [0.2, 0.25) is 0 Å². The molecule has 0 bridgehead atoms. The summed E-state index contributed by atoms with van der Waals surface area (Å²) in [7, 11) is 0. The van der Waals surface area contributed by atoms with Crippen LogP contribution in [-0.4, -0.2) is 13.4 Å². The van der Waals surface area contributed by atoms with Gasteiger partial charge in [-0.15, -0.1) is 0 Å². The molecule has 1 aromatic heterocycles. The van der Waals surface area contributed by atoms with Gasteiger partial charge in [0.25, 0.3) is 0 Å². The van der Waals surface area contributed by atoms with Crippen molar-refractivity contribution < 1.29 is 4.70 Å². The molecule has 0 unspecified atom stereocenters. The lowest BCUT2D eigenvalue weighted by Gasteiger charge is -2.25. The van der Waals surface area contributed by atoms with E-state index in [2.05, 4.69) is 131 Å². The van der Waals surface area contributed by atoms with Crippen molar-refractivity contribution in [2.45, 2.75) is 0 Å². The average Bonchev–Trinajstić information content (AvgIpc) is 3.26. The lowest BCUT2D eigenvalue weighted by molar-refractivity contribution is 1.11. The molecule has 0 amide bonds. The van der Waals surface area contributed by atoms with Crippen LogP contribution in [-0.2, 0) is 0 Å². The summed E-state index contributed by atoms with van der Waals surface area (Å²) in [6.07, 6.45) is 0. The second-order valence-electron chi connectivity index (χ2n) is 7.56. The molecule has 1 N–H and O–H groups in total. The quantitative estimate of drug-likeness (QED) is 0.280. The molecule has 1 heterocycles. The molecular formula is C30H28BFN2. The maximum atomic E-state index is 3.38. The van der Waals surface area contributed by atoms with Crippen LogP contribution < -0.4 is 4.90 Å². The van der Waals surface area contributed by atoms with Crippen molar-refractivity contribution in [3.63, 3.8) is 0 Å². The maximum absolute atomic E-state index is 3.38. The summed E-state index contributed by atoms with van der Waals surface area (Å²) < 4.78 is 0. The number of aromatic amines is 1. The smallest absolute Gasteiger partial charge is 0.0814 e. The predicted molar refractivity (Wildman–Crippen MR) is 149 cm³/mol. The number of rotatable bonds is 3. The van der Waals surface area contributed by atoms with Crippen molar-refractivity contribution >= 4 is 47.3 Å². The number of hydrogen-bond acceptors (Lipinski definition) is 1. The maximum Gasteiger partial charge on any atom is 0.0814 e. The number of anilines is 3. The van der Waals surface area contributed by atoms with Gasteiger partial charge in [-0.2, -0.15) is 0 Å². The number of H-pyrrole nitrogens is 1. The predicted octanol–water partition coefficient (Wildman–Crippen LogP) is 7.45. The minimum absolute atomic E-state index is 0. The molecule has 0 aliphatic rings. The van der Waals surface area contributed by atoms with E-state index in [-0.39, 0.29) is 13.1 Å². The number of nitrogens with zero attached hydrogens (tertiary/aromatic N) is 1. The molecular weight excluding hydrogens is 418 g/mol. The molecule has 0 aliphatic carbocycles. The fraction of sp³-hybridized carbons (Fsp3) is 0. The van der Waals surface area contributed by atoms with Crippen molar-refractivity contribution in [1.29, 1.82) is 0 Å². The summed E-state index contributed by atoms with van der Waals surface area (Å²) in [5.74, 6) is 0. The Morgan fingerprint density at radius 2 is 0.676 bits per heavy atom. The lowest BCUT2D eigenvalue weighted by Crippen LogP contribution is -2.09. The molecule has 0 atom stereocenters. The monoisotopic (exact) mass is 446 g/mol. The Kier molecular flexibility index (Phi) is 8.25. The number of hydrogen-bond donors (Lipinski definition) is 1. The van der Waals surface area contributed by atoms with Crippen LogP contribution in [0, 0.1) is 0 Å². The van der Waals surface area contributed by atoms with Crippen molar-refractivity contribution in [1.82, 2.24) is 4.98 Å². The zero-order chi connectivity index (χ0) is 21.6. The second-order valence-corrected chi connectivity index (χ2v) is 7.56. The van der Waals surface area contributed by atoms with Gasteiger partial charge in [0, 0.05) is 38.9 Å². The number of aromatic nitrogens is 1. The standard InChI is InChI=1S/C18H15N.C12H9N.BH3.FH/c1-4-10-16(11-5-1)19(17-12-6-2-7-13-17)18-14-8-3-9-15-18;1-3-7-11-9(5-1)10-6-2-4-8-12(10)13-11;;/h1-15H;1-8,13H;1H3;1H. The van der Waals surface area contributed by atoms with Gasteiger partial charge in [-0.3, -0.25) is 4.70 Å². The van der Waals surface area contributed by atoms with Gasteiger partial charge in [0.05, 0.1) is 8.41 Å². The van der Waals surface area contributed by atoms with E-state index in [1.165, 1.54) is 38.9 Å². The van der Waals surface area contributed by atoms with Crippen LogP contribution in [0.5, 0.6) is 0 Å². The Balaban J connectivity index is 0.000000190. The first-order valence-electron chi connectivity index (χ1n) is 10.8. The highest BCUT2D eigenvalue weighted by molar-refractivity contribution is 6.06. The van der Waals surface area contributed by atoms with E-state index >= 15 is 0 Å². The van der Waals surface area contributed by atoms with Crippen LogP contribution in [0.25, 0.3) is 21.8 Å². The Morgan fingerprint density at radius 1 is 0.382 bits per heavy atom. The summed E-state index contributed by atoms with van der Waals surface area (Å²) >= 11 is 0. The molecule has 168 valence electrons. The molecule has 34 heavy (non-hydrogen) atoms. The number of para-hydroxylation sites is 5. The third-order valence-electron chi connectivity index (χ3n) is 5.46. The zero-order valence-corrected chi connectivity index (χ0v) is 18.1. The third kappa shape index (κ3) is 5.19. The highest BCUT2D eigenvalue weighted by Crippen LogP contribution is 2.33. The molecule has 0 radical (unpaired) electrons. The van der Waals surface area contributed by atoms with Crippen LogP contribution in [0.15, 0.2) is 140 Å². The Hall–Kier alpha value is -4.31. The fourth-order valence-corrected chi connectivity index (χ4v) is 3.98. The largest absolute Gasteiger partial charge is 0.355 e. The summed E-state index contributed by atoms with van der Waals surface area (Å²) in [6.45, 7) is 0. The van der Waals surface area contributed by atoms with Gasteiger partial charge in [0.1, 0.15) is 0 Å². The van der Waals surface area contributed by atoms with Crippen LogP contribution in [0.1, 0.15) is 0 Å². The van der Waals surface area contributed by atoms with Crippen molar-refractivity contribution in [2.75, 3.05) is 4.90 Å². The van der Waals surface area contributed by atoms with Gasteiger partial charge in [0.15, 0.2) is 0 Å². The molecule has 0 aliphatic heterocycles. The summed E-state index contributed by atoms with van der Waals surface area (Å²) in [5, 5.41) is 2.61. The highest BCUT2D eigenvalue weighted by atomic mass is 19.0. The van der Waals surface area contributed by atoms with Gasteiger partial charge in [0.2, 0.25) is 0 Å². The van der Waals surface area contributed by atoms with Crippen LogP contribution in [0.3, 0.4) is 0 Å². The van der Waals surface area contributed by atoms with E-state index < -0.39 is 0 Å². The lowest BCUT2D eigenvalue weighted by atomic mass is 10.2. The number of nitrogens with one attached hydrogen (secondary N) is 1. The molecule has 2 nitrogen and oxygen atoms in total. The Labute approximate surface area is 201 Å². The average molecular weight is 446 g/mol. The Bertz CT molecular complexity index is 1270. The van der Waals surface area contributed by atoms with Gasteiger partial charge in [-0.1, -0.05) is 91.0 Å². The molecule has 0 spiro atoms. The molecule has 0 saturated carbocycles. The number of halogens is 1. The van der Waals surface area contributed by atoms with E-state index in [9.17, 15) is 0 Å².